The maximum Gasteiger partial charge on any atom is 0.662 e. The minimum absolute atomic E-state index is 0.462. The highest BCUT2D eigenvalue weighted by Gasteiger charge is 2.16. The van der Waals surface area contributed by atoms with E-state index in [1.807, 2.05) is 0 Å². The van der Waals surface area contributed by atoms with Crippen LogP contribution in [0.4, 0.5) is 0 Å². The average molecular weight is 189 g/mol. The van der Waals surface area contributed by atoms with E-state index >= 15 is 0 Å². The minimum atomic E-state index is -1.29. The number of aliphatic hydroxyl groups is 2. The molecule has 2 N–H and O–H groups in total. The normalized spacial score (nSPS) is 14.2. The number of rotatable bonds is 4. The van der Waals surface area contributed by atoms with E-state index in [1.54, 1.807) is 0 Å². The molecule has 0 aliphatic rings. The van der Waals surface area contributed by atoms with Crippen LogP contribution < -0.4 is 0 Å². The van der Waals surface area contributed by atoms with E-state index in [0.717, 1.165) is 0 Å². The Hall–Kier alpha value is -1.08. The lowest BCUT2D eigenvalue weighted by Crippen LogP contribution is -2.27. The summed E-state index contributed by atoms with van der Waals surface area (Å²) in [5, 5.41) is 17.2. The second-order valence-corrected chi connectivity index (χ2v) is 2.32. The minimum Gasteiger partial charge on any atom is -0.498 e. The summed E-state index contributed by atoms with van der Waals surface area (Å²) in [6.07, 6.45) is -2.58. The highest BCUT2D eigenvalue weighted by molar-refractivity contribution is 6.26. The van der Waals surface area contributed by atoms with Gasteiger partial charge in [0.15, 0.2) is 0 Å². The Morgan fingerprint density at radius 2 is 1.38 bits per heavy atom. The van der Waals surface area contributed by atoms with E-state index in [4.69, 9.17) is 10.2 Å². The van der Waals surface area contributed by atoms with E-state index in [1.165, 1.54) is 13.8 Å². The molecule has 0 fully saturated rings. The maximum absolute atomic E-state index is 10.5. The molecule has 1 radical (unpaired) electrons. The molecule has 73 valence electrons. The van der Waals surface area contributed by atoms with Crippen molar-refractivity contribution < 1.29 is 29.1 Å². The van der Waals surface area contributed by atoms with Crippen molar-refractivity contribution in [2.24, 2.45) is 0 Å². The Morgan fingerprint density at radius 3 is 1.62 bits per heavy atom. The summed E-state index contributed by atoms with van der Waals surface area (Å²) < 4.78 is 8.31. The van der Waals surface area contributed by atoms with Gasteiger partial charge < -0.3 is 19.5 Å². The smallest absolute Gasteiger partial charge is 0.498 e. The maximum atomic E-state index is 10.5. The van der Waals surface area contributed by atoms with Crippen LogP contribution in [0.15, 0.2) is 0 Å². The van der Waals surface area contributed by atoms with Crippen LogP contribution >= 0.6 is 0 Å². The first kappa shape index (κ1) is 11.9. The Morgan fingerprint density at radius 1 is 1.08 bits per heavy atom. The summed E-state index contributed by atoms with van der Waals surface area (Å²) in [4.78, 5) is 21.1. The second-order valence-electron chi connectivity index (χ2n) is 2.32. The zero-order valence-corrected chi connectivity index (χ0v) is 7.26. The average Bonchev–Trinajstić information content (AvgIpc) is 2.03. The molecule has 0 spiro atoms. The molecular weight excluding hydrogens is 179 g/mol. The summed E-state index contributed by atoms with van der Waals surface area (Å²) in [7, 11) is 0.462. The lowest BCUT2D eigenvalue weighted by molar-refractivity contribution is -0.148. The van der Waals surface area contributed by atoms with Crippen molar-refractivity contribution in [1.29, 1.82) is 0 Å². The molecular formula is C6H10BO6. The highest BCUT2D eigenvalue weighted by Crippen LogP contribution is 1.88. The molecule has 0 aromatic carbocycles. The SMILES string of the molecule is CC(O)C(=O)O[B]OC(=O)C(C)O. The Kier molecular flexibility index (Phi) is 5.09. The second kappa shape index (κ2) is 5.55. The summed E-state index contributed by atoms with van der Waals surface area (Å²) in [6, 6.07) is 0. The van der Waals surface area contributed by atoms with Crippen LogP contribution in [0.2, 0.25) is 0 Å². The van der Waals surface area contributed by atoms with Crippen molar-refractivity contribution in [1.82, 2.24) is 0 Å². The Balaban J connectivity index is 3.57. The molecule has 0 aromatic rings. The first-order valence-corrected chi connectivity index (χ1v) is 3.54. The topological polar surface area (TPSA) is 93.1 Å². The molecule has 0 aromatic heterocycles. The fourth-order valence-electron chi connectivity index (χ4n) is 0.316. The van der Waals surface area contributed by atoms with E-state index < -0.39 is 24.1 Å². The Labute approximate surface area is 75.8 Å². The lowest BCUT2D eigenvalue weighted by atomic mass is 10.3. The van der Waals surface area contributed by atoms with Gasteiger partial charge in [0, 0.05) is 0 Å². The van der Waals surface area contributed by atoms with Crippen LogP contribution in [-0.2, 0) is 18.9 Å². The van der Waals surface area contributed by atoms with Gasteiger partial charge in [-0.15, -0.1) is 0 Å². The van der Waals surface area contributed by atoms with E-state index in [0.29, 0.717) is 7.69 Å². The number of carbonyl (C=O) groups is 2. The van der Waals surface area contributed by atoms with Crippen molar-refractivity contribution in [3.63, 3.8) is 0 Å². The summed E-state index contributed by atoms with van der Waals surface area (Å²) >= 11 is 0. The fraction of sp³-hybridized carbons (Fsp3) is 0.667. The largest absolute Gasteiger partial charge is 0.662 e. The third-order valence-corrected chi connectivity index (χ3v) is 1.01. The van der Waals surface area contributed by atoms with Crippen LogP contribution in [-0.4, -0.2) is 42.0 Å². The number of carbonyl (C=O) groups excluding carboxylic acids is 2. The summed E-state index contributed by atoms with van der Waals surface area (Å²) in [5.74, 6) is -1.89. The van der Waals surface area contributed by atoms with Crippen LogP contribution in [0.3, 0.4) is 0 Å². The van der Waals surface area contributed by atoms with Crippen molar-refractivity contribution in [3.8, 4) is 0 Å². The van der Waals surface area contributed by atoms with Gasteiger partial charge in [0.1, 0.15) is 12.2 Å². The van der Waals surface area contributed by atoms with E-state index in [2.05, 4.69) is 9.31 Å². The first-order valence-electron chi connectivity index (χ1n) is 3.54. The molecule has 7 heteroatoms. The predicted molar refractivity (Wildman–Crippen MR) is 41.3 cm³/mol. The molecule has 0 heterocycles. The number of hydrogen-bond acceptors (Lipinski definition) is 6. The van der Waals surface area contributed by atoms with Crippen LogP contribution in [0.1, 0.15) is 13.8 Å². The van der Waals surface area contributed by atoms with Crippen LogP contribution in [0.5, 0.6) is 0 Å². The highest BCUT2D eigenvalue weighted by atomic mass is 16.6. The number of hydrogen-bond donors (Lipinski definition) is 2. The van der Waals surface area contributed by atoms with Crippen molar-refractivity contribution in [3.05, 3.63) is 0 Å². The predicted octanol–water partition coefficient (Wildman–Crippen LogP) is -1.63. The van der Waals surface area contributed by atoms with Gasteiger partial charge in [-0.1, -0.05) is 0 Å². The number of aliphatic hydroxyl groups excluding tert-OH is 2. The zero-order valence-electron chi connectivity index (χ0n) is 7.26. The molecule has 6 nitrogen and oxygen atoms in total. The molecule has 0 bridgehead atoms. The molecule has 0 saturated carbocycles. The van der Waals surface area contributed by atoms with Gasteiger partial charge in [0.2, 0.25) is 0 Å². The molecule has 2 unspecified atom stereocenters. The van der Waals surface area contributed by atoms with Gasteiger partial charge >= 0.3 is 19.6 Å². The van der Waals surface area contributed by atoms with Gasteiger partial charge in [0.25, 0.3) is 0 Å². The van der Waals surface area contributed by atoms with Crippen LogP contribution in [0.25, 0.3) is 0 Å². The third-order valence-electron chi connectivity index (χ3n) is 1.01. The molecule has 0 saturated heterocycles. The van der Waals surface area contributed by atoms with Crippen molar-refractivity contribution >= 4 is 19.6 Å². The first-order chi connectivity index (χ1) is 5.95. The van der Waals surface area contributed by atoms with Gasteiger partial charge in [-0.2, -0.15) is 0 Å². The molecule has 13 heavy (non-hydrogen) atoms. The molecule has 0 amide bonds. The third kappa shape index (κ3) is 5.21. The van der Waals surface area contributed by atoms with E-state index in [-0.39, 0.29) is 0 Å². The van der Waals surface area contributed by atoms with E-state index in [9.17, 15) is 9.59 Å². The van der Waals surface area contributed by atoms with Gasteiger partial charge in [-0.3, -0.25) is 9.59 Å². The lowest BCUT2D eigenvalue weighted by Gasteiger charge is -2.06. The van der Waals surface area contributed by atoms with Crippen LogP contribution in [0, 0.1) is 0 Å². The molecule has 0 rings (SSSR count). The molecule has 0 aliphatic heterocycles. The standard InChI is InChI=1S/C6H10BO6/c1-3(8)5(10)12-7-13-6(11)4(2)9/h3-4,8-9H,1-2H3. The van der Waals surface area contributed by atoms with Crippen molar-refractivity contribution in [2.45, 2.75) is 26.1 Å². The van der Waals surface area contributed by atoms with Gasteiger partial charge in [0.05, 0.1) is 0 Å². The molecule has 2 atom stereocenters. The van der Waals surface area contributed by atoms with Gasteiger partial charge in [-0.25, -0.2) is 0 Å². The summed E-state index contributed by atoms with van der Waals surface area (Å²) in [6.45, 7) is 2.40. The van der Waals surface area contributed by atoms with Gasteiger partial charge in [-0.05, 0) is 13.8 Å². The Bertz CT molecular complexity index is 170. The monoisotopic (exact) mass is 189 g/mol. The summed E-state index contributed by atoms with van der Waals surface area (Å²) in [5.41, 5.74) is 0. The zero-order chi connectivity index (χ0) is 10.4. The van der Waals surface area contributed by atoms with Crippen molar-refractivity contribution in [2.75, 3.05) is 0 Å². The quantitative estimate of drug-likeness (QED) is 0.515. The fourth-order valence-corrected chi connectivity index (χ4v) is 0.316. The molecule has 0 aliphatic carbocycles.